The summed E-state index contributed by atoms with van der Waals surface area (Å²) < 4.78 is 15.8. The third-order valence-corrected chi connectivity index (χ3v) is 3.86. The molecule has 1 N–H and O–H groups in total. The van der Waals surface area contributed by atoms with Crippen molar-refractivity contribution in [3.63, 3.8) is 0 Å². The maximum atomic E-state index is 12.0. The van der Waals surface area contributed by atoms with E-state index < -0.39 is 15.7 Å². The highest BCUT2D eigenvalue weighted by molar-refractivity contribution is 7.85. The van der Waals surface area contributed by atoms with E-state index in [1.807, 2.05) is 39.0 Å². The van der Waals surface area contributed by atoms with E-state index in [2.05, 4.69) is 9.71 Å². The lowest BCUT2D eigenvalue weighted by Crippen LogP contribution is -2.21. The number of nitrogens with one attached hydrogen (secondary N) is 1. The van der Waals surface area contributed by atoms with E-state index in [1.165, 1.54) is 6.92 Å². The Morgan fingerprint density at radius 3 is 2.32 bits per heavy atom. The molecule has 0 aliphatic rings. The fraction of sp³-hybridized carbons (Fsp3) is 0.429. The van der Waals surface area contributed by atoms with Gasteiger partial charge >= 0.3 is 0 Å². The Bertz CT molecular complexity index is 530. The van der Waals surface area contributed by atoms with Crippen LogP contribution < -0.4 is 5.32 Å². The number of carbonyl (C=O) groups excluding carboxylic acids is 1. The Morgan fingerprint density at radius 1 is 1.21 bits per heavy atom. The molecule has 0 bridgehead atoms. The number of nitrogens with zero attached hydrogens (tertiary/aromatic N) is 1. The molecule has 0 spiro atoms. The molecule has 1 atom stereocenters. The molecule has 19 heavy (non-hydrogen) atoms. The first-order valence-electron chi connectivity index (χ1n) is 6.06. The van der Waals surface area contributed by atoms with Crippen LogP contribution in [0.2, 0.25) is 0 Å². The molecule has 0 aromatic heterocycles. The molecule has 0 saturated heterocycles. The van der Waals surface area contributed by atoms with Gasteiger partial charge in [0.2, 0.25) is 5.91 Å². The van der Waals surface area contributed by atoms with Crippen LogP contribution >= 0.6 is 0 Å². The highest BCUT2D eigenvalue weighted by Gasteiger charge is 2.19. The smallest absolute Gasteiger partial charge is 0.221 e. The Labute approximate surface area is 116 Å². The van der Waals surface area contributed by atoms with Gasteiger partial charge in [0.15, 0.2) is 0 Å². The molecular formula is C14H20N2O2S. The average molecular weight is 280 g/mol. The zero-order chi connectivity index (χ0) is 14.6. The van der Waals surface area contributed by atoms with Crippen molar-refractivity contribution in [3.05, 3.63) is 29.8 Å². The van der Waals surface area contributed by atoms with Gasteiger partial charge in [-0.2, -0.15) is 4.40 Å². The zero-order valence-corrected chi connectivity index (χ0v) is 12.8. The Morgan fingerprint density at radius 2 is 1.79 bits per heavy atom. The summed E-state index contributed by atoms with van der Waals surface area (Å²) in [6.45, 7) is 8.87. The summed E-state index contributed by atoms with van der Waals surface area (Å²) in [6.07, 6.45) is 0. The third-order valence-electron chi connectivity index (χ3n) is 2.37. The van der Waals surface area contributed by atoms with E-state index in [0.29, 0.717) is 11.4 Å². The second kappa shape index (κ2) is 6.10. The van der Waals surface area contributed by atoms with Crippen molar-refractivity contribution in [1.82, 2.24) is 0 Å². The lowest BCUT2D eigenvalue weighted by atomic mass is 10.1. The first kappa shape index (κ1) is 15.6. The van der Waals surface area contributed by atoms with E-state index in [4.69, 9.17) is 0 Å². The predicted molar refractivity (Wildman–Crippen MR) is 80.9 cm³/mol. The number of carbonyl (C=O) groups is 1. The molecule has 4 nitrogen and oxygen atoms in total. The number of para-hydroxylation sites is 1. The highest BCUT2D eigenvalue weighted by Crippen LogP contribution is 2.19. The highest BCUT2D eigenvalue weighted by atomic mass is 32.2. The minimum atomic E-state index is -1.31. The monoisotopic (exact) mass is 280 g/mol. The van der Waals surface area contributed by atoms with Gasteiger partial charge in [-0.05, 0) is 33.8 Å². The van der Waals surface area contributed by atoms with Crippen molar-refractivity contribution >= 4 is 28.3 Å². The van der Waals surface area contributed by atoms with Gasteiger partial charge in [0, 0.05) is 18.2 Å². The van der Waals surface area contributed by atoms with Gasteiger partial charge in [-0.15, -0.1) is 0 Å². The summed E-state index contributed by atoms with van der Waals surface area (Å²) in [5, 5.41) is 2.75. The van der Waals surface area contributed by atoms with Crippen molar-refractivity contribution in [1.29, 1.82) is 0 Å². The van der Waals surface area contributed by atoms with Crippen LogP contribution in [0.1, 0.15) is 40.2 Å². The minimum absolute atomic E-state index is 0.141. The number of anilines is 1. The molecule has 0 aliphatic heterocycles. The minimum Gasteiger partial charge on any atom is -0.326 e. The quantitative estimate of drug-likeness (QED) is 0.865. The summed E-state index contributed by atoms with van der Waals surface area (Å²) in [5.41, 5.74) is 2.12. The van der Waals surface area contributed by atoms with Crippen molar-refractivity contribution < 1.29 is 9.00 Å². The van der Waals surface area contributed by atoms with Gasteiger partial charge in [0.1, 0.15) is 11.0 Å². The molecule has 0 fully saturated rings. The van der Waals surface area contributed by atoms with Gasteiger partial charge in [0.05, 0.1) is 10.5 Å². The SMILES string of the molecule is CC(=O)Nc1ccccc1C(C)=N[S@@](=O)C(C)(C)C. The molecule has 1 aromatic rings. The lowest BCUT2D eigenvalue weighted by molar-refractivity contribution is -0.114. The zero-order valence-electron chi connectivity index (χ0n) is 12.0. The standard InChI is InChI=1S/C14H20N2O2S/c1-10(16-19(18)14(3,4)5)12-8-6-7-9-13(12)15-11(2)17/h6-9H,1-5H3,(H,15,17)/t19-/m0/s1. The van der Waals surface area contributed by atoms with E-state index >= 15 is 0 Å². The van der Waals surface area contributed by atoms with Gasteiger partial charge in [-0.1, -0.05) is 18.2 Å². The summed E-state index contributed by atoms with van der Waals surface area (Å²) in [5.74, 6) is -0.141. The second-order valence-corrected chi connectivity index (χ2v) is 7.17. The molecular weight excluding hydrogens is 260 g/mol. The summed E-state index contributed by atoms with van der Waals surface area (Å²) in [6, 6.07) is 7.35. The van der Waals surface area contributed by atoms with Crippen LogP contribution in [-0.4, -0.2) is 20.6 Å². The lowest BCUT2D eigenvalue weighted by Gasteiger charge is -2.15. The van der Waals surface area contributed by atoms with Crippen LogP contribution in [0.3, 0.4) is 0 Å². The molecule has 104 valence electrons. The molecule has 0 radical (unpaired) electrons. The fourth-order valence-electron chi connectivity index (χ4n) is 1.41. The van der Waals surface area contributed by atoms with Gasteiger partial charge in [0.25, 0.3) is 0 Å². The van der Waals surface area contributed by atoms with Crippen LogP contribution in [0.25, 0.3) is 0 Å². The number of benzene rings is 1. The largest absolute Gasteiger partial charge is 0.326 e. The van der Waals surface area contributed by atoms with Crippen LogP contribution in [-0.2, 0) is 15.8 Å². The molecule has 0 unspecified atom stereocenters. The Balaban J connectivity index is 3.12. The molecule has 5 heteroatoms. The maximum Gasteiger partial charge on any atom is 0.221 e. The van der Waals surface area contributed by atoms with Crippen LogP contribution in [0.4, 0.5) is 5.69 Å². The van der Waals surface area contributed by atoms with E-state index in [1.54, 1.807) is 13.0 Å². The summed E-state index contributed by atoms with van der Waals surface area (Å²) in [4.78, 5) is 11.2. The molecule has 0 heterocycles. The maximum absolute atomic E-state index is 12.0. The third kappa shape index (κ3) is 4.59. The summed E-state index contributed by atoms with van der Waals surface area (Å²) in [7, 11) is -1.31. The van der Waals surface area contributed by atoms with Gasteiger partial charge in [-0.25, -0.2) is 4.21 Å². The van der Waals surface area contributed by atoms with Crippen LogP contribution in [0.5, 0.6) is 0 Å². The number of hydrogen-bond acceptors (Lipinski definition) is 2. The molecule has 0 saturated carbocycles. The topological polar surface area (TPSA) is 58.5 Å². The first-order valence-corrected chi connectivity index (χ1v) is 7.17. The number of rotatable bonds is 3. The van der Waals surface area contributed by atoms with E-state index in [-0.39, 0.29) is 5.91 Å². The van der Waals surface area contributed by atoms with Crippen LogP contribution in [0, 0.1) is 0 Å². The Hall–Kier alpha value is -1.49. The predicted octanol–water partition coefficient (Wildman–Crippen LogP) is 2.92. The van der Waals surface area contributed by atoms with Gasteiger partial charge in [-0.3, -0.25) is 4.79 Å². The van der Waals surface area contributed by atoms with Crippen molar-refractivity contribution in [2.24, 2.45) is 4.40 Å². The van der Waals surface area contributed by atoms with Crippen molar-refractivity contribution in [3.8, 4) is 0 Å². The molecule has 0 aliphatic carbocycles. The van der Waals surface area contributed by atoms with E-state index in [9.17, 15) is 9.00 Å². The Kier molecular flexibility index (Phi) is 5.00. The van der Waals surface area contributed by atoms with Crippen molar-refractivity contribution in [2.75, 3.05) is 5.32 Å². The molecule has 1 rings (SSSR count). The summed E-state index contributed by atoms with van der Waals surface area (Å²) >= 11 is 0. The normalized spacial score (nSPS) is 14.1. The second-order valence-electron chi connectivity index (χ2n) is 5.26. The molecule has 1 amide bonds. The van der Waals surface area contributed by atoms with Crippen molar-refractivity contribution in [2.45, 2.75) is 39.4 Å². The fourth-order valence-corrected chi connectivity index (χ4v) is 2.03. The first-order chi connectivity index (χ1) is 8.71. The van der Waals surface area contributed by atoms with Gasteiger partial charge < -0.3 is 5.32 Å². The van der Waals surface area contributed by atoms with E-state index in [0.717, 1.165) is 5.56 Å². The number of hydrogen-bond donors (Lipinski definition) is 1. The molecule has 1 aromatic carbocycles. The number of amides is 1. The average Bonchev–Trinajstić information content (AvgIpc) is 2.27. The van der Waals surface area contributed by atoms with Crippen LogP contribution in [0.15, 0.2) is 28.7 Å².